The quantitative estimate of drug-likeness (QED) is 0.140. The van der Waals surface area contributed by atoms with Crippen LogP contribution in [0, 0.1) is 5.92 Å². The van der Waals surface area contributed by atoms with E-state index in [9.17, 15) is 35.9 Å². The summed E-state index contributed by atoms with van der Waals surface area (Å²) < 4.78 is 81.5. The number of sulfonamides is 1. The average molecular weight is 617 g/mol. The molecule has 18 heteroatoms. The highest BCUT2D eigenvalue weighted by Crippen LogP contribution is 2.30. The Morgan fingerprint density at radius 1 is 1.18 bits per heavy atom. The Labute approximate surface area is 230 Å². The molecule has 218 valence electrons. The Hall–Kier alpha value is -2.15. The van der Waals surface area contributed by atoms with E-state index >= 15 is 0 Å². The standard InChI is InChI=1S/C21H28F4N6O5S3/c1-37-12-7-16(26-8-13(12)39(34,35)27-9-14(22)23)28-19(32)17(11-5-3-2-4-6-11)29-20(33)18-21(31-36-30-18)38-10-15(24)25/h7-8,11,14-15,17,19,27,32H,2-6,9-10H2,1H3,(H,26,28)(H,29,33)/t17-,19-/m0/s1. The van der Waals surface area contributed by atoms with Crippen molar-refractivity contribution in [1.82, 2.24) is 25.3 Å². The van der Waals surface area contributed by atoms with Crippen LogP contribution < -0.4 is 15.4 Å². The van der Waals surface area contributed by atoms with Crippen LogP contribution in [0.1, 0.15) is 42.6 Å². The van der Waals surface area contributed by atoms with Crippen molar-refractivity contribution in [1.29, 1.82) is 0 Å². The Balaban J connectivity index is 1.79. The maximum atomic E-state index is 13.0. The summed E-state index contributed by atoms with van der Waals surface area (Å²) in [6, 6.07) is 0.476. The van der Waals surface area contributed by atoms with E-state index in [1.165, 1.54) is 6.07 Å². The van der Waals surface area contributed by atoms with Gasteiger partial charge in [-0.15, -0.1) is 11.8 Å². The van der Waals surface area contributed by atoms with Crippen molar-refractivity contribution in [2.24, 2.45) is 5.92 Å². The third kappa shape index (κ3) is 8.92. The van der Waals surface area contributed by atoms with Gasteiger partial charge in [-0.05, 0) is 41.4 Å². The molecule has 1 fully saturated rings. The summed E-state index contributed by atoms with van der Waals surface area (Å²) in [5, 5.41) is 23.5. The lowest BCUT2D eigenvalue weighted by molar-refractivity contribution is 0.0740. The second kappa shape index (κ2) is 14.5. The number of pyridine rings is 1. The number of aliphatic hydroxyl groups is 1. The predicted octanol–water partition coefficient (Wildman–Crippen LogP) is 3.20. The smallest absolute Gasteiger partial charge is 0.276 e. The molecule has 39 heavy (non-hydrogen) atoms. The number of halogens is 4. The first-order valence-corrected chi connectivity index (χ1v) is 15.5. The number of aromatic nitrogens is 3. The summed E-state index contributed by atoms with van der Waals surface area (Å²) in [7, 11) is -4.26. The zero-order chi connectivity index (χ0) is 28.6. The SMILES string of the molecule is CSc1cc(N[C@@H](O)[C@@H](NC(=O)c2nonc2SCC(F)F)C2CCCCC2)ncc1S(=O)(=O)NCC(F)F. The van der Waals surface area contributed by atoms with Crippen LogP contribution in [0.5, 0.6) is 0 Å². The molecule has 2 atom stereocenters. The van der Waals surface area contributed by atoms with E-state index in [1.807, 2.05) is 4.72 Å². The molecule has 2 aromatic rings. The lowest BCUT2D eigenvalue weighted by Crippen LogP contribution is -2.52. The maximum Gasteiger partial charge on any atom is 0.276 e. The Kier molecular flexibility index (Phi) is 11.6. The van der Waals surface area contributed by atoms with Gasteiger partial charge in [-0.25, -0.2) is 40.3 Å². The number of amides is 1. The first-order chi connectivity index (χ1) is 18.5. The highest BCUT2D eigenvalue weighted by Gasteiger charge is 2.33. The van der Waals surface area contributed by atoms with E-state index in [-0.39, 0.29) is 32.2 Å². The molecular formula is C21H28F4N6O5S3. The van der Waals surface area contributed by atoms with Gasteiger partial charge >= 0.3 is 0 Å². The monoisotopic (exact) mass is 616 g/mol. The summed E-state index contributed by atoms with van der Waals surface area (Å²) in [6.45, 7) is -1.05. The molecule has 0 bridgehead atoms. The molecule has 0 aromatic carbocycles. The fraction of sp³-hybridized carbons (Fsp3) is 0.619. The van der Waals surface area contributed by atoms with Crippen molar-refractivity contribution in [3.05, 3.63) is 18.0 Å². The fourth-order valence-corrected chi connectivity index (χ4v) is 6.80. The molecule has 1 aliphatic carbocycles. The third-order valence-electron chi connectivity index (χ3n) is 5.88. The van der Waals surface area contributed by atoms with Crippen molar-refractivity contribution in [3.8, 4) is 0 Å². The number of carbonyl (C=O) groups is 1. The highest BCUT2D eigenvalue weighted by atomic mass is 32.2. The first-order valence-electron chi connectivity index (χ1n) is 11.8. The minimum atomic E-state index is -4.26. The van der Waals surface area contributed by atoms with Crippen LogP contribution in [0.15, 0.2) is 31.7 Å². The normalized spacial score (nSPS) is 16.4. The summed E-state index contributed by atoms with van der Waals surface area (Å²) in [5.74, 6) is -1.46. The number of rotatable bonds is 14. The van der Waals surface area contributed by atoms with Gasteiger partial charge < -0.3 is 15.7 Å². The molecule has 0 spiro atoms. The Morgan fingerprint density at radius 3 is 2.54 bits per heavy atom. The predicted molar refractivity (Wildman–Crippen MR) is 136 cm³/mol. The zero-order valence-corrected chi connectivity index (χ0v) is 23.1. The van der Waals surface area contributed by atoms with Crippen LogP contribution in [0.25, 0.3) is 0 Å². The van der Waals surface area contributed by atoms with Crippen molar-refractivity contribution in [2.45, 2.75) is 72.0 Å². The van der Waals surface area contributed by atoms with Gasteiger partial charge in [-0.1, -0.05) is 31.0 Å². The van der Waals surface area contributed by atoms with Gasteiger partial charge in [0.15, 0.2) is 5.03 Å². The fourth-order valence-electron chi connectivity index (χ4n) is 4.08. The van der Waals surface area contributed by atoms with E-state index in [0.29, 0.717) is 24.6 Å². The van der Waals surface area contributed by atoms with E-state index < -0.39 is 53.3 Å². The van der Waals surface area contributed by atoms with Crippen molar-refractivity contribution >= 4 is 45.3 Å². The molecule has 1 aliphatic rings. The zero-order valence-electron chi connectivity index (χ0n) is 20.6. The Morgan fingerprint density at radius 2 is 1.90 bits per heavy atom. The van der Waals surface area contributed by atoms with E-state index in [2.05, 4.69) is 30.6 Å². The van der Waals surface area contributed by atoms with Crippen molar-refractivity contribution in [3.63, 3.8) is 0 Å². The second-order valence-corrected chi connectivity index (χ2v) is 12.2. The van der Waals surface area contributed by atoms with Crippen molar-refractivity contribution in [2.75, 3.05) is 23.9 Å². The average Bonchev–Trinajstić information content (AvgIpc) is 3.38. The van der Waals surface area contributed by atoms with Crippen LogP contribution >= 0.6 is 23.5 Å². The molecule has 3 rings (SSSR count). The number of nitrogens with zero attached hydrogens (tertiary/aromatic N) is 3. The minimum Gasteiger partial charge on any atom is -0.372 e. The minimum absolute atomic E-state index is 0.0750. The lowest BCUT2D eigenvalue weighted by Gasteiger charge is -2.34. The van der Waals surface area contributed by atoms with Crippen LogP contribution in [0.3, 0.4) is 0 Å². The van der Waals surface area contributed by atoms with Crippen LogP contribution in [0.2, 0.25) is 0 Å². The van der Waals surface area contributed by atoms with Gasteiger partial charge in [0.1, 0.15) is 16.9 Å². The highest BCUT2D eigenvalue weighted by molar-refractivity contribution is 7.99. The molecule has 1 amide bonds. The molecule has 0 unspecified atom stereocenters. The molecule has 0 saturated heterocycles. The van der Waals surface area contributed by atoms with Crippen molar-refractivity contribution < 1.29 is 40.5 Å². The van der Waals surface area contributed by atoms with Crippen LogP contribution in [-0.2, 0) is 10.0 Å². The number of alkyl halides is 4. The number of carbonyl (C=O) groups excluding carboxylic acids is 1. The molecule has 4 N–H and O–H groups in total. The van der Waals surface area contributed by atoms with Gasteiger partial charge in [0.2, 0.25) is 22.1 Å². The molecule has 0 radical (unpaired) electrons. The van der Waals surface area contributed by atoms with Crippen LogP contribution in [-0.4, -0.2) is 78.4 Å². The molecular weight excluding hydrogens is 588 g/mol. The molecule has 2 aromatic heterocycles. The first kappa shape index (κ1) is 31.4. The van der Waals surface area contributed by atoms with Gasteiger partial charge in [0.05, 0.1) is 24.5 Å². The Bertz CT molecular complexity index is 1200. The number of thioether (sulfide) groups is 2. The summed E-state index contributed by atoms with van der Waals surface area (Å²) in [5.41, 5.74) is -0.290. The lowest BCUT2D eigenvalue weighted by atomic mass is 9.83. The number of hydrogen-bond acceptors (Lipinski definition) is 11. The third-order valence-corrected chi connectivity index (χ3v) is 9.20. The van der Waals surface area contributed by atoms with E-state index in [1.54, 1.807) is 6.26 Å². The van der Waals surface area contributed by atoms with E-state index in [0.717, 1.165) is 37.2 Å². The molecule has 2 heterocycles. The number of anilines is 1. The number of hydrogen-bond donors (Lipinski definition) is 4. The van der Waals surface area contributed by atoms with Gasteiger partial charge in [-0.2, -0.15) is 0 Å². The van der Waals surface area contributed by atoms with Gasteiger partial charge in [-0.3, -0.25) is 4.79 Å². The number of aliphatic hydroxyl groups excluding tert-OH is 1. The molecule has 11 nitrogen and oxygen atoms in total. The largest absolute Gasteiger partial charge is 0.372 e. The van der Waals surface area contributed by atoms with Crippen LogP contribution in [0.4, 0.5) is 23.4 Å². The van der Waals surface area contributed by atoms with Gasteiger partial charge in [0.25, 0.3) is 12.3 Å². The molecule has 0 aliphatic heterocycles. The number of nitrogens with one attached hydrogen (secondary N) is 3. The van der Waals surface area contributed by atoms with Gasteiger partial charge in [0, 0.05) is 4.90 Å². The maximum absolute atomic E-state index is 13.0. The topological polar surface area (TPSA) is 159 Å². The summed E-state index contributed by atoms with van der Waals surface area (Å²) >= 11 is 1.64. The second-order valence-electron chi connectivity index (χ2n) is 8.57. The molecule has 1 saturated carbocycles. The van der Waals surface area contributed by atoms with E-state index in [4.69, 9.17) is 0 Å². The summed E-state index contributed by atoms with van der Waals surface area (Å²) in [4.78, 5) is 16.9. The summed E-state index contributed by atoms with van der Waals surface area (Å²) in [6.07, 6.45) is -0.195.